The summed E-state index contributed by atoms with van der Waals surface area (Å²) in [6.45, 7) is 6.65. The second kappa shape index (κ2) is 8.28. The Kier molecular flexibility index (Phi) is 6.07. The molecule has 25 heavy (non-hydrogen) atoms. The van der Waals surface area contributed by atoms with Crippen molar-refractivity contribution in [2.75, 3.05) is 26.5 Å². The monoisotopic (exact) mass is 367 g/mol. The third kappa shape index (κ3) is 4.04. The van der Waals surface area contributed by atoms with Crippen molar-refractivity contribution < 1.29 is 19.0 Å². The molecule has 0 spiro atoms. The average Bonchev–Trinajstić information content (AvgIpc) is 3.04. The lowest BCUT2D eigenvalue weighted by Gasteiger charge is -2.40. The van der Waals surface area contributed by atoms with Gasteiger partial charge < -0.3 is 14.2 Å². The van der Waals surface area contributed by atoms with E-state index in [1.54, 1.807) is 0 Å². The summed E-state index contributed by atoms with van der Waals surface area (Å²) in [5.41, 5.74) is 0.994. The first kappa shape index (κ1) is 18.3. The summed E-state index contributed by atoms with van der Waals surface area (Å²) < 4.78 is 16.2. The lowest BCUT2D eigenvalue weighted by molar-refractivity contribution is -0.152. The van der Waals surface area contributed by atoms with Crippen molar-refractivity contribution in [2.24, 2.45) is 5.92 Å². The number of esters is 1. The summed E-state index contributed by atoms with van der Waals surface area (Å²) in [5, 5.41) is 0.661. The maximum Gasteiger partial charge on any atom is 0.310 e. The average molecular weight is 368 g/mol. The lowest BCUT2D eigenvalue weighted by Crippen LogP contribution is -2.49. The number of fused-ring (bicyclic) bond motifs is 1. The molecule has 138 valence electrons. The minimum Gasteiger partial charge on any atom is -0.466 e. The zero-order chi connectivity index (χ0) is 17.8. The van der Waals surface area contributed by atoms with Crippen molar-refractivity contribution in [3.05, 3.63) is 22.7 Å². The molecule has 0 amide bonds. The van der Waals surface area contributed by atoms with Crippen LogP contribution in [0.3, 0.4) is 0 Å². The highest BCUT2D eigenvalue weighted by atomic mass is 35.5. The standard InChI is InChI=1S/C19H26ClNO4/c1-3-7-21-8-5-6-14(19(22)23-4-2)16(21)9-13-10-17-18(11-15(13)20)25-12-24-17/h10-11,14,16H,3-9,12H2,1-2H3/t14-,16-/m1/s1. The van der Waals surface area contributed by atoms with E-state index in [9.17, 15) is 4.79 Å². The molecule has 2 heterocycles. The molecule has 0 radical (unpaired) electrons. The van der Waals surface area contributed by atoms with Crippen LogP contribution < -0.4 is 9.47 Å². The van der Waals surface area contributed by atoms with Gasteiger partial charge in [-0.1, -0.05) is 18.5 Å². The van der Waals surface area contributed by atoms with Gasteiger partial charge in [-0.2, -0.15) is 0 Å². The van der Waals surface area contributed by atoms with Gasteiger partial charge in [0.25, 0.3) is 0 Å². The molecule has 6 heteroatoms. The number of halogens is 1. The van der Waals surface area contributed by atoms with Crippen molar-refractivity contribution in [1.29, 1.82) is 0 Å². The summed E-state index contributed by atoms with van der Waals surface area (Å²) in [7, 11) is 0. The Bertz CT molecular complexity index is 620. The maximum absolute atomic E-state index is 12.5. The number of hydrogen-bond donors (Lipinski definition) is 0. The third-order valence-corrected chi connectivity index (χ3v) is 5.32. The Balaban J connectivity index is 1.85. The van der Waals surface area contributed by atoms with Gasteiger partial charge in [-0.05, 0) is 57.3 Å². The first-order chi connectivity index (χ1) is 12.1. The van der Waals surface area contributed by atoms with E-state index in [1.165, 1.54) is 0 Å². The van der Waals surface area contributed by atoms with Gasteiger partial charge in [-0.25, -0.2) is 0 Å². The second-order valence-corrected chi connectivity index (χ2v) is 7.01. The Labute approximate surface area is 154 Å². The molecular weight excluding hydrogens is 342 g/mol. The van der Waals surface area contributed by atoms with Gasteiger partial charge >= 0.3 is 5.97 Å². The van der Waals surface area contributed by atoms with Crippen LogP contribution in [0.5, 0.6) is 11.5 Å². The molecule has 0 unspecified atom stereocenters. The Hall–Kier alpha value is -1.46. The van der Waals surface area contributed by atoms with E-state index in [-0.39, 0.29) is 24.7 Å². The van der Waals surface area contributed by atoms with Crippen molar-refractivity contribution in [3.63, 3.8) is 0 Å². The van der Waals surface area contributed by atoms with Gasteiger partial charge in [0.1, 0.15) is 0 Å². The highest BCUT2D eigenvalue weighted by Crippen LogP contribution is 2.38. The number of rotatable bonds is 6. The van der Waals surface area contributed by atoms with Gasteiger partial charge in [0.15, 0.2) is 11.5 Å². The molecule has 5 nitrogen and oxygen atoms in total. The molecule has 2 aliphatic heterocycles. The first-order valence-corrected chi connectivity index (χ1v) is 9.50. The van der Waals surface area contributed by atoms with Crippen LogP contribution in [0.15, 0.2) is 12.1 Å². The van der Waals surface area contributed by atoms with E-state index in [2.05, 4.69) is 11.8 Å². The van der Waals surface area contributed by atoms with Gasteiger partial charge in [-0.15, -0.1) is 0 Å². The molecular formula is C19H26ClNO4. The summed E-state index contributed by atoms with van der Waals surface area (Å²) in [6, 6.07) is 3.86. The smallest absolute Gasteiger partial charge is 0.310 e. The van der Waals surface area contributed by atoms with E-state index < -0.39 is 0 Å². The fourth-order valence-electron chi connectivity index (χ4n) is 3.83. The number of nitrogens with zero attached hydrogens (tertiary/aromatic N) is 1. The van der Waals surface area contributed by atoms with Crippen molar-refractivity contribution in [3.8, 4) is 11.5 Å². The minimum atomic E-state index is -0.110. The fourth-order valence-corrected chi connectivity index (χ4v) is 4.06. The Morgan fingerprint density at radius 3 is 2.80 bits per heavy atom. The molecule has 0 saturated carbocycles. The molecule has 2 atom stereocenters. The number of likely N-dealkylation sites (tertiary alicyclic amines) is 1. The molecule has 1 saturated heterocycles. The molecule has 2 aliphatic rings. The predicted octanol–water partition coefficient (Wildman–Crippen LogP) is 3.66. The lowest BCUT2D eigenvalue weighted by atomic mass is 9.85. The van der Waals surface area contributed by atoms with Crippen LogP contribution in [0.2, 0.25) is 5.02 Å². The van der Waals surface area contributed by atoms with E-state index in [4.69, 9.17) is 25.8 Å². The summed E-state index contributed by atoms with van der Waals surface area (Å²) >= 11 is 6.47. The zero-order valence-corrected chi connectivity index (χ0v) is 15.7. The van der Waals surface area contributed by atoms with Crippen LogP contribution in [-0.4, -0.2) is 43.4 Å². The molecule has 1 aromatic carbocycles. The van der Waals surface area contributed by atoms with Gasteiger partial charge in [0.2, 0.25) is 6.79 Å². The van der Waals surface area contributed by atoms with Crippen LogP contribution in [0.4, 0.5) is 0 Å². The van der Waals surface area contributed by atoms with E-state index >= 15 is 0 Å². The molecule has 3 rings (SSSR count). The highest BCUT2D eigenvalue weighted by molar-refractivity contribution is 6.31. The highest BCUT2D eigenvalue weighted by Gasteiger charge is 2.37. The quantitative estimate of drug-likeness (QED) is 0.718. The van der Waals surface area contributed by atoms with Crippen LogP contribution >= 0.6 is 11.6 Å². The molecule has 0 aromatic heterocycles. The summed E-state index contributed by atoms with van der Waals surface area (Å²) in [4.78, 5) is 14.9. The van der Waals surface area contributed by atoms with Gasteiger partial charge in [0.05, 0.1) is 12.5 Å². The molecule has 0 N–H and O–H groups in total. The number of carbonyl (C=O) groups excluding carboxylic acids is 1. The van der Waals surface area contributed by atoms with E-state index in [0.717, 1.165) is 43.7 Å². The van der Waals surface area contributed by atoms with Gasteiger partial charge in [-0.3, -0.25) is 9.69 Å². The topological polar surface area (TPSA) is 48.0 Å². The third-order valence-electron chi connectivity index (χ3n) is 4.96. The SMILES string of the molecule is CCCN1CCC[C@@H](C(=O)OCC)[C@H]1Cc1cc2c(cc1Cl)OCO2. The zero-order valence-electron chi connectivity index (χ0n) is 14.9. The number of piperidine rings is 1. The van der Waals surface area contributed by atoms with Crippen molar-refractivity contribution >= 4 is 17.6 Å². The van der Waals surface area contributed by atoms with E-state index in [1.807, 2.05) is 19.1 Å². The van der Waals surface area contributed by atoms with Crippen LogP contribution in [0, 0.1) is 5.92 Å². The fraction of sp³-hybridized carbons (Fsp3) is 0.632. The number of ether oxygens (including phenoxy) is 3. The molecule has 0 bridgehead atoms. The van der Waals surface area contributed by atoms with Crippen LogP contribution in [0.25, 0.3) is 0 Å². The predicted molar refractivity (Wildman–Crippen MR) is 96.3 cm³/mol. The largest absolute Gasteiger partial charge is 0.466 e. The summed E-state index contributed by atoms with van der Waals surface area (Å²) in [5.74, 6) is 1.21. The molecule has 1 aromatic rings. The number of carbonyl (C=O) groups is 1. The van der Waals surface area contributed by atoms with Crippen LogP contribution in [-0.2, 0) is 16.0 Å². The van der Waals surface area contributed by atoms with Crippen molar-refractivity contribution in [2.45, 2.75) is 45.6 Å². The molecule has 0 aliphatic carbocycles. The second-order valence-electron chi connectivity index (χ2n) is 6.61. The van der Waals surface area contributed by atoms with Crippen molar-refractivity contribution in [1.82, 2.24) is 4.90 Å². The summed E-state index contributed by atoms with van der Waals surface area (Å²) in [6.07, 6.45) is 3.65. The molecule has 1 fully saturated rings. The normalized spacial score (nSPS) is 22.8. The Morgan fingerprint density at radius 1 is 1.32 bits per heavy atom. The Morgan fingerprint density at radius 2 is 2.08 bits per heavy atom. The van der Waals surface area contributed by atoms with Gasteiger partial charge in [0, 0.05) is 17.1 Å². The minimum absolute atomic E-state index is 0.0924. The van der Waals surface area contributed by atoms with E-state index in [0.29, 0.717) is 23.8 Å². The van der Waals surface area contributed by atoms with Crippen LogP contribution in [0.1, 0.15) is 38.7 Å². The number of hydrogen-bond acceptors (Lipinski definition) is 5. The first-order valence-electron chi connectivity index (χ1n) is 9.12. The maximum atomic E-state index is 12.5. The number of benzene rings is 1.